The standard InChI is InChI=1S/C12H12ClF2N3O/c1-18-10(5-19-11(4-16)12(18)17)6-2-8(14)9(15)3-7(6)13/h2-4,10,17H,5,16H2,1H3/b11-4+,17-12?. The smallest absolute Gasteiger partial charge is 0.176 e. The van der Waals surface area contributed by atoms with Gasteiger partial charge in [0.05, 0.1) is 6.04 Å². The minimum absolute atomic E-state index is 0.0551. The highest BCUT2D eigenvalue weighted by molar-refractivity contribution is 6.31. The Hall–Kier alpha value is -1.82. The van der Waals surface area contributed by atoms with Gasteiger partial charge in [-0.2, -0.15) is 0 Å². The van der Waals surface area contributed by atoms with Crippen molar-refractivity contribution in [2.45, 2.75) is 6.04 Å². The number of nitrogens with two attached hydrogens (primary N) is 1. The molecule has 7 heteroatoms. The van der Waals surface area contributed by atoms with Gasteiger partial charge >= 0.3 is 0 Å². The summed E-state index contributed by atoms with van der Waals surface area (Å²) in [6, 6.07) is 1.46. The largest absolute Gasteiger partial charge is 0.486 e. The zero-order chi connectivity index (χ0) is 14.2. The van der Waals surface area contributed by atoms with Gasteiger partial charge in [-0.1, -0.05) is 11.6 Å². The van der Waals surface area contributed by atoms with E-state index in [0.29, 0.717) is 5.56 Å². The molecule has 1 atom stereocenters. The molecule has 19 heavy (non-hydrogen) atoms. The number of ether oxygens (including phenoxy) is 1. The van der Waals surface area contributed by atoms with E-state index in [2.05, 4.69) is 0 Å². The second-order valence-corrected chi connectivity index (χ2v) is 4.51. The summed E-state index contributed by atoms with van der Waals surface area (Å²) >= 11 is 5.92. The predicted octanol–water partition coefficient (Wildman–Crippen LogP) is 2.40. The van der Waals surface area contributed by atoms with Crippen LogP contribution in [0.4, 0.5) is 8.78 Å². The van der Waals surface area contributed by atoms with Crippen molar-refractivity contribution < 1.29 is 13.5 Å². The number of likely N-dealkylation sites (N-methyl/N-ethyl adjacent to an activating group) is 1. The second-order valence-electron chi connectivity index (χ2n) is 4.11. The van der Waals surface area contributed by atoms with E-state index in [-0.39, 0.29) is 23.2 Å². The van der Waals surface area contributed by atoms with E-state index in [1.807, 2.05) is 0 Å². The molecule has 3 N–H and O–H groups in total. The number of benzene rings is 1. The molecular weight excluding hydrogens is 276 g/mol. The maximum atomic E-state index is 13.3. The first-order valence-electron chi connectivity index (χ1n) is 5.46. The molecule has 0 aromatic heterocycles. The lowest BCUT2D eigenvalue weighted by Gasteiger charge is -2.36. The van der Waals surface area contributed by atoms with E-state index in [4.69, 9.17) is 27.5 Å². The molecule has 1 unspecified atom stereocenters. The summed E-state index contributed by atoms with van der Waals surface area (Å²) in [6.45, 7) is 0.146. The van der Waals surface area contributed by atoms with E-state index in [1.54, 1.807) is 11.9 Å². The molecule has 0 spiro atoms. The van der Waals surface area contributed by atoms with E-state index in [9.17, 15) is 8.78 Å². The molecule has 1 saturated heterocycles. The van der Waals surface area contributed by atoms with Crippen LogP contribution in [0.3, 0.4) is 0 Å². The lowest BCUT2D eigenvalue weighted by Crippen LogP contribution is -2.40. The third-order valence-corrected chi connectivity index (χ3v) is 3.33. The van der Waals surface area contributed by atoms with Gasteiger partial charge in [0.15, 0.2) is 23.2 Å². The van der Waals surface area contributed by atoms with Crippen LogP contribution in [0.1, 0.15) is 11.6 Å². The number of morpholine rings is 1. The van der Waals surface area contributed by atoms with Gasteiger partial charge in [0.1, 0.15) is 6.61 Å². The molecule has 0 aliphatic carbocycles. The molecule has 0 amide bonds. The average molecular weight is 288 g/mol. The van der Waals surface area contributed by atoms with Crippen molar-refractivity contribution in [2.24, 2.45) is 5.73 Å². The minimum atomic E-state index is -1.01. The van der Waals surface area contributed by atoms with Crippen LogP contribution >= 0.6 is 11.6 Å². The normalized spacial score (nSPS) is 21.7. The monoisotopic (exact) mass is 287 g/mol. The third kappa shape index (κ3) is 2.35. The fourth-order valence-electron chi connectivity index (χ4n) is 1.90. The van der Waals surface area contributed by atoms with Crippen molar-refractivity contribution in [3.05, 3.63) is 46.3 Å². The molecule has 102 valence electrons. The first kappa shape index (κ1) is 13.6. The van der Waals surface area contributed by atoms with Crippen LogP contribution in [0.15, 0.2) is 24.1 Å². The molecule has 4 nitrogen and oxygen atoms in total. The lowest BCUT2D eigenvalue weighted by molar-refractivity contribution is 0.125. The summed E-state index contributed by atoms with van der Waals surface area (Å²) < 4.78 is 31.6. The second kappa shape index (κ2) is 5.05. The van der Waals surface area contributed by atoms with Gasteiger partial charge < -0.3 is 15.4 Å². The number of hydrogen-bond acceptors (Lipinski definition) is 3. The Kier molecular flexibility index (Phi) is 3.61. The van der Waals surface area contributed by atoms with Crippen molar-refractivity contribution in [2.75, 3.05) is 13.7 Å². The van der Waals surface area contributed by atoms with Crippen LogP contribution in [0.2, 0.25) is 5.02 Å². The highest BCUT2D eigenvalue weighted by atomic mass is 35.5. The predicted molar refractivity (Wildman–Crippen MR) is 67.8 cm³/mol. The van der Waals surface area contributed by atoms with E-state index in [1.165, 1.54) is 6.20 Å². The van der Waals surface area contributed by atoms with Crippen LogP contribution < -0.4 is 5.73 Å². The summed E-state index contributed by atoms with van der Waals surface area (Å²) in [5.74, 6) is -1.71. The van der Waals surface area contributed by atoms with E-state index < -0.39 is 17.7 Å². The number of nitrogens with zero attached hydrogens (tertiary/aromatic N) is 1. The molecule has 2 rings (SSSR count). The molecule has 1 fully saturated rings. The van der Waals surface area contributed by atoms with Gasteiger partial charge in [-0.05, 0) is 17.7 Å². The third-order valence-electron chi connectivity index (χ3n) is 3.00. The molecule has 1 aliphatic rings. The van der Waals surface area contributed by atoms with Gasteiger partial charge in [0.2, 0.25) is 0 Å². The summed E-state index contributed by atoms with van der Waals surface area (Å²) in [7, 11) is 1.64. The molecule has 1 aliphatic heterocycles. The van der Waals surface area contributed by atoms with Crippen molar-refractivity contribution in [1.82, 2.24) is 4.90 Å². The molecule has 1 aromatic rings. The van der Waals surface area contributed by atoms with Crippen LogP contribution in [0, 0.1) is 17.0 Å². The summed E-state index contributed by atoms with van der Waals surface area (Å²) in [5.41, 5.74) is 5.69. The Morgan fingerprint density at radius 2 is 2.11 bits per heavy atom. The molecule has 0 saturated carbocycles. The van der Waals surface area contributed by atoms with Crippen LogP contribution in [0.5, 0.6) is 0 Å². The number of halogens is 3. The Labute approximate surface area is 113 Å². The molecular formula is C12H12ClF2N3O. The van der Waals surface area contributed by atoms with Gasteiger partial charge in [-0.3, -0.25) is 5.41 Å². The van der Waals surface area contributed by atoms with Gasteiger partial charge in [0.25, 0.3) is 0 Å². The Bertz CT molecular complexity index is 562. The molecule has 1 aromatic carbocycles. The van der Waals surface area contributed by atoms with Gasteiger partial charge in [-0.25, -0.2) is 8.78 Å². The number of nitrogens with one attached hydrogen (secondary N) is 1. The number of amidine groups is 1. The molecule has 1 heterocycles. The topological polar surface area (TPSA) is 62.3 Å². The molecule has 0 radical (unpaired) electrons. The van der Waals surface area contributed by atoms with Crippen molar-refractivity contribution in [3.8, 4) is 0 Å². The highest BCUT2D eigenvalue weighted by Gasteiger charge is 2.30. The minimum Gasteiger partial charge on any atom is -0.486 e. The zero-order valence-corrected chi connectivity index (χ0v) is 10.8. The first-order chi connectivity index (χ1) is 8.95. The summed E-state index contributed by atoms with van der Waals surface area (Å²) in [6.07, 6.45) is 1.18. The number of hydrogen-bond donors (Lipinski definition) is 2. The van der Waals surface area contributed by atoms with Crippen molar-refractivity contribution in [3.63, 3.8) is 0 Å². The van der Waals surface area contributed by atoms with E-state index >= 15 is 0 Å². The summed E-state index contributed by atoms with van der Waals surface area (Å²) in [4.78, 5) is 1.54. The van der Waals surface area contributed by atoms with E-state index in [0.717, 1.165) is 12.1 Å². The Morgan fingerprint density at radius 1 is 1.47 bits per heavy atom. The zero-order valence-electron chi connectivity index (χ0n) is 10.1. The van der Waals surface area contributed by atoms with Crippen molar-refractivity contribution in [1.29, 1.82) is 5.41 Å². The van der Waals surface area contributed by atoms with Crippen molar-refractivity contribution >= 4 is 17.4 Å². The quantitative estimate of drug-likeness (QED) is 0.780. The Morgan fingerprint density at radius 3 is 2.74 bits per heavy atom. The average Bonchev–Trinajstić information content (AvgIpc) is 2.37. The van der Waals surface area contributed by atoms with Gasteiger partial charge in [-0.15, -0.1) is 0 Å². The molecule has 0 bridgehead atoms. The fraction of sp³-hybridized carbons (Fsp3) is 0.250. The Balaban J connectivity index is 2.38. The van der Waals surface area contributed by atoms with Crippen LogP contribution in [-0.2, 0) is 4.74 Å². The highest BCUT2D eigenvalue weighted by Crippen LogP contribution is 2.32. The lowest BCUT2D eigenvalue weighted by atomic mass is 10.0. The SMILES string of the molecule is CN1C(=N)/C(=C\N)OCC1c1cc(F)c(F)cc1Cl. The maximum absolute atomic E-state index is 13.3. The van der Waals surface area contributed by atoms with Crippen LogP contribution in [-0.4, -0.2) is 24.4 Å². The fourth-order valence-corrected chi connectivity index (χ4v) is 2.17. The first-order valence-corrected chi connectivity index (χ1v) is 5.84. The summed E-state index contributed by atoms with van der Waals surface area (Å²) in [5, 5.41) is 7.93. The maximum Gasteiger partial charge on any atom is 0.176 e. The van der Waals surface area contributed by atoms with Gasteiger partial charge in [0, 0.05) is 18.3 Å². The number of rotatable bonds is 1. The van der Waals surface area contributed by atoms with Crippen LogP contribution in [0.25, 0.3) is 0 Å².